The monoisotopic (exact) mass is 414 g/mol. The highest BCUT2D eigenvalue weighted by molar-refractivity contribution is 9.10. The molecule has 2 rings (SSSR count). The Kier molecular flexibility index (Phi) is 6.10. The Bertz CT molecular complexity index is 773. The smallest absolute Gasteiger partial charge is 0.187 e. The van der Waals surface area contributed by atoms with Crippen molar-refractivity contribution < 1.29 is 14.3 Å². The summed E-state index contributed by atoms with van der Waals surface area (Å²) in [6, 6.07) is 8.40. The molecule has 0 spiro atoms. The van der Waals surface area contributed by atoms with Crippen LogP contribution in [0.5, 0.6) is 11.5 Å². The van der Waals surface area contributed by atoms with Crippen molar-refractivity contribution in [1.82, 2.24) is 0 Å². The van der Waals surface area contributed by atoms with Crippen LogP contribution in [0.15, 0.2) is 40.9 Å². The maximum Gasteiger partial charge on any atom is 0.187 e. The van der Waals surface area contributed by atoms with E-state index in [4.69, 9.17) is 32.7 Å². The molecule has 0 aliphatic carbocycles. The standard InChI is InChI=1S/C17H13BrCl2O3/c1-22-16-8-12(13(18)9-17(16)23-2)15(21)6-4-10-3-5-11(19)7-14(10)20/h3-9H,1-2H3/b6-4+. The molecule has 0 fully saturated rings. The van der Waals surface area contributed by atoms with Gasteiger partial charge in [0, 0.05) is 20.1 Å². The van der Waals surface area contributed by atoms with E-state index in [1.165, 1.54) is 20.3 Å². The molecule has 0 atom stereocenters. The maximum atomic E-state index is 12.4. The molecule has 0 N–H and O–H groups in total. The third kappa shape index (κ3) is 4.28. The van der Waals surface area contributed by atoms with Crippen LogP contribution >= 0.6 is 39.1 Å². The van der Waals surface area contributed by atoms with Crippen molar-refractivity contribution in [1.29, 1.82) is 0 Å². The van der Waals surface area contributed by atoms with Crippen LogP contribution in [0.2, 0.25) is 10.0 Å². The summed E-state index contributed by atoms with van der Waals surface area (Å²) in [5, 5.41) is 1.02. The van der Waals surface area contributed by atoms with Gasteiger partial charge in [-0.25, -0.2) is 0 Å². The first-order valence-electron chi connectivity index (χ1n) is 6.55. The molecule has 0 aliphatic rings. The summed E-state index contributed by atoms with van der Waals surface area (Å²) < 4.78 is 11.0. The molecule has 0 unspecified atom stereocenters. The summed E-state index contributed by atoms with van der Waals surface area (Å²) in [5.41, 5.74) is 1.17. The Morgan fingerprint density at radius 1 is 1.09 bits per heavy atom. The van der Waals surface area contributed by atoms with E-state index in [1.54, 1.807) is 36.4 Å². The van der Waals surface area contributed by atoms with Crippen molar-refractivity contribution in [3.63, 3.8) is 0 Å². The van der Waals surface area contributed by atoms with Gasteiger partial charge in [0.15, 0.2) is 17.3 Å². The van der Waals surface area contributed by atoms with Gasteiger partial charge >= 0.3 is 0 Å². The number of carbonyl (C=O) groups is 1. The number of benzene rings is 2. The minimum atomic E-state index is -0.191. The summed E-state index contributed by atoms with van der Waals surface area (Å²) in [4.78, 5) is 12.4. The Labute approximate surface area is 152 Å². The molecular weight excluding hydrogens is 403 g/mol. The van der Waals surface area contributed by atoms with E-state index in [9.17, 15) is 4.79 Å². The number of rotatable bonds is 5. The first-order chi connectivity index (χ1) is 11.0. The largest absolute Gasteiger partial charge is 0.493 e. The molecule has 0 amide bonds. The molecular formula is C17H13BrCl2O3. The summed E-state index contributed by atoms with van der Waals surface area (Å²) >= 11 is 15.3. The number of ether oxygens (including phenoxy) is 2. The Balaban J connectivity index is 2.32. The Hall–Kier alpha value is -1.49. The van der Waals surface area contributed by atoms with Gasteiger partial charge < -0.3 is 9.47 Å². The van der Waals surface area contributed by atoms with E-state index in [2.05, 4.69) is 15.9 Å². The van der Waals surface area contributed by atoms with E-state index >= 15 is 0 Å². The zero-order chi connectivity index (χ0) is 17.0. The predicted octanol–water partition coefficient (Wildman–Crippen LogP) is 5.67. The maximum absolute atomic E-state index is 12.4. The highest BCUT2D eigenvalue weighted by Crippen LogP contribution is 2.33. The second kappa shape index (κ2) is 7.86. The Morgan fingerprint density at radius 2 is 1.74 bits per heavy atom. The molecule has 0 saturated carbocycles. The van der Waals surface area contributed by atoms with Gasteiger partial charge in [-0.3, -0.25) is 4.79 Å². The van der Waals surface area contributed by atoms with Crippen LogP contribution in [0.25, 0.3) is 6.08 Å². The van der Waals surface area contributed by atoms with Crippen molar-refractivity contribution in [2.75, 3.05) is 14.2 Å². The van der Waals surface area contributed by atoms with Crippen molar-refractivity contribution >= 4 is 51.0 Å². The van der Waals surface area contributed by atoms with Gasteiger partial charge in [0.05, 0.1) is 14.2 Å². The van der Waals surface area contributed by atoms with Crippen molar-refractivity contribution in [3.8, 4) is 11.5 Å². The van der Waals surface area contributed by atoms with Crippen LogP contribution in [0, 0.1) is 0 Å². The number of carbonyl (C=O) groups excluding carboxylic acids is 1. The summed E-state index contributed by atoms with van der Waals surface area (Å²) in [7, 11) is 3.05. The molecule has 2 aromatic carbocycles. The summed E-state index contributed by atoms with van der Waals surface area (Å²) in [6.07, 6.45) is 3.09. The minimum absolute atomic E-state index is 0.191. The minimum Gasteiger partial charge on any atom is -0.493 e. The first kappa shape index (κ1) is 17.9. The van der Waals surface area contributed by atoms with Gasteiger partial charge in [0.2, 0.25) is 0 Å². The average molecular weight is 416 g/mol. The van der Waals surface area contributed by atoms with Gasteiger partial charge in [0.25, 0.3) is 0 Å². The molecule has 0 radical (unpaired) electrons. The number of allylic oxidation sites excluding steroid dienone is 1. The first-order valence-corrected chi connectivity index (χ1v) is 8.10. The van der Waals surface area contributed by atoms with Crippen LogP contribution < -0.4 is 9.47 Å². The lowest BCUT2D eigenvalue weighted by atomic mass is 10.1. The van der Waals surface area contributed by atoms with E-state index in [0.717, 1.165) is 0 Å². The molecule has 2 aromatic rings. The lowest BCUT2D eigenvalue weighted by Crippen LogP contribution is -1.99. The van der Waals surface area contributed by atoms with Crippen LogP contribution in [0.4, 0.5) is 0 Å². The number of ketones is 1. The van der Waals surface area contributed by atoms with Gasteiger partial charge in [-0.15, -0.1) is 0 Å². The molecule has 0 heterocycles. The topological polar surface area (TPSA) is 35.5 Å². The van der Waals surface area contributed by atoms with E-state index in [1.807, 2.05) is 0 Å². The molecule has 23 heavy (non-hydrogen) atoms. The van der Waals surface area contributed by atoms with Crippen molar-refractivity contribution in [2.24, 2.45) is 0 Å². The second-order valence-electron chi connectivity index (χ2n) is 4.55. The fourth-order valence-electron chi connectivity index (χ4n) is 1.93. The third-order valence-electron chi connectivity index (χ3n) is 3.12. The highest BCUT2D eigenvalue weighted by Gasteiger charge is 2.13. The SMILES string of the molecule is COc1cc(Br)c(C(=O)/C=C/c2ccc(Cl)cc2Cl)cc1OC. The van der Waals surface area contributed by atoms with Gasteiger partial charge in [0.1, 0.15) is 0 Å². The molecule has 6 heteroatoms. The van der Waals surface area contributed by atoms with Crippen molar-refractivity contribution in [2.45, 2.75) is 0 Å². The van der Waals surface area contributed by atoms with Gasteiger partial charge in [-0.2, -0.15) is 0 Å². The molecule has 120 valence electrons. The zero-order valence-corrected chi connectivity index (χ0v) is 15.5. The predicted molar refractivity (Wildman–Crippen MR) is 97.1 cm³/mol. The zero-order valence-electron chi connectivity index (χ0n) is 12.4. The summed E-state index contributed by atoms with van der Waals surface area (Å²) in [6.45, 7) is 0. The average Bonchev–Trinajstić information content (AvgIpc) is 2.53. The number of hydrogen-bond donors (Lipinski definition) is 0. The van der Waals surface area contributed by atoms with Gasteiger partial charge in [-0.1, -0.05) is 29.3 Å². The molecule has 0 bridgehead atoms. The van der Waals surface area contributed by atoms with Crippen LogP contribution in [-0.2, 0) is 0 Å². The lowest BCUT2D eigenvalue weighted by molar-refractivity contribution is 0.104. The lowest BCUT2D eigenvalue weighted by Gasteiger charge is -2.10. The fourth-order valence-corrected chi connectivity index (χ4v) is 2.92. The van der Waals surface area contributed by atoms with Crippen LogP contribution in [0.1, 0.15) is 15.9 Å². The van der Waals surface area contributed by atoms with Gasteiger partial charge in [-0.05, 0) is 57.9 Å². The van der Waals surface area contributed by atoms with E-state index in [-0.39, 0.29) is 5.78 Å². The number of methoxy groups -OCH3 is 2. The second-order valence-corrected chi connectivity index (χ2v) is 6.25. The number of hydrogen-bond acceptors (Lipinski definition) is 3. The van der Waals surface area contributed by atoms with Crippen LogP contribution in [-0.4, -0.2) is 20.0 Å². The molecule has 0 saturated heterocycles. The number of halogens is 3. The van der Waals surface area contributed by atoms with E-state index in [0.29, 0.717) is 37.1 Å². The normalized spacial score (nSPS) is 10.8. The quantitative estimate of drug-likeness (QED) is 0.466. The Morgan fingerprint density at radius 3 is 2.35 bits per heavy atom. The fraction of sp³-hybridized carbons (Fsp3) is 0.118. The van der Waals surface area contributed by atoms with Crippen molar-refractivity contribution in [3.05, 3.63) is 62.1 Å². The third-order valence-corrected chi connectivity index (χ3v) is 4.33. The molecule has 0 aromatic heterocycles. The summed E-state index contributed by atoms with van der Waals surface area (Å²) in [5.74, 6) is 0.835. The van der Waals surface area contributed by atoms with Crippen LogP contribution in [0.3, 0.4) is 0 Å². The molecule has 3 nitrogen and oxygen atoms in total. The highest BCUT2D eigenvalue weighted by atomic mass is 79.9. The molecule has 0 aliphatic heterocycles. The van der Waals surface area contributed by atoms with E-state index < -0.39 is 0 Å².